The van der Waals surface area contributed by atoms with Gasteiger partial charge in [-0.25, -0.2) is 4.98 Å². The van der Waals surface area contributed by atoms with E-state index in [4.69, 9.17) is 4.74 Å². The van der Waals surface area contributed by atoms with Crippen molar-refractivity contribution in [1.29, 1.82) is 0 Å². The summed E-state index contributed by atoms with van der Waals surface area (Å²) < 4.78 is 5.36. The van der Waals surface area contributed by atoms with Gasteiger partial charge in [0.15, 0.2) is 0 Å². The lowest BCUT2D eigenvalue weighted by Crippen LogP contribution is -2.26. The summed E-state index contributed by atoms with van der Waals surface area (Å²) in [4.78, 5) is 15.6. The normalized spacial score (nSPS) is 10.8. The maximum atomic E-state index is 11.6. The van der Waals surface area contributed by atoms with E-state index < -0.39 is 0 Å². The smallest absolute Gasteiger partial charge is 0.290 e. The van der Waals surface area contributed by atoms with Gasteiger partial charge in [0.05, 0.1) is 6.10 Å². The van der Waals surface area contributed by atoms with Crippen LogP contribution in [0.25, 0.3) is 0 Å². The largest absolute Gasteiger partial charge is 0.379 e. The zero-order valence-electron chi connectivity index (χ0n) is 10.6. The topological polar surface area (TPSA) is 79.9 Å². The van der Waals surface area contributed by atoms with E-state index in [1.54, 1.807) is 0 Å². The molecule has 0 unspecified atom stereocenters. The van der Waals surface area contributed by atoms with Gasteiger partial charge >= 0.3 is 0 Å². The van der Waals surface area contributed by atoms with Crippen LogP contribution in [0.3, 0.4) is 0 Å². The summed E-state index contributed by atoms with van der Waals surface area (Å²) in [5, 5.41) is 9.29. The number of hydrogen-bond donors (Lipinski definition) is 2. The van der Waals surface area contributed by atoms with E-state index in [0.29, 0.717) is 13.2 Å². The summed E-state index contributed by atoms with van der Waals surface area (Å²) in [5.41, 5.74) is 0. The Bertz CT molecular complexity index is 349. The second-order valence-electron chi connectivity index (χ2n) is 3.99. The van der Waals surface area contributed by atoms with Gasteiger partial charge in [0.2, 0.25) is 5.82 Å². The van der Waals surface area contributed by atoms with Gasteiger partial charge in [0, 0.05) is 19.6 Å². The first kappa shape index (κ1) is 13.6. The number of amides is 1. The van der Waals surface area contributed by atoms with Crippen LogP contribution in [0, 0.1) is 0 Å². The fraction of sp³-hybridized carbons (Fsp3) is 0.727. The van der Waals surface area contributed by atoms with Crippen molar-refractivity contribution in [2.75, 3.05) is 13.2 Å². The predicted octanol–water partition coefficient (Wildman–Crippen LogP) is 0.912. The molecule has 0 fully saturated rings. The molecule has 0 radical (unpaired) electrons. The van der Waals surface area contributed by atoms with E-state index in [1.807, 2.05) is 20.8 Å². The Balaban J connectivity index is 2.21. The van der Waals surface area contributed by atoms with Crippen molar-refractivity contribution in [1.82, 2.24) is 20.5 Å². The molecule has 0 saturated carbocycles. The number of carbonyl (C=O) groups is 1. The van der Waals surface area contributed by atoms with E-state index in [-0.39, 0.29) is 17.8 Å². The summed E-state index contributed by atoms with van der Waals surface area (Å²) in [6.07, 6.45) is 1.75. The lowest BCUT2D eigenvalue weighted by Gasteiger charge is -2.07. The maximum absolute atomic E-state index is 11.6. The van der Waals surface area contributed by atoms with Crippen LogP contribution in [0.2, 0.25) is 0 Å². The number of aromatic nitrogens is 3. The zero-order chi connectivity index (χ0) is 12.7. The van der Waals surface area contributed by atoms with Gasteiger partial charge in [-0.2, -0.15) is 0 Å². The monoisotopic (exact) mass is 240 g/mol. The molecule has 1 aromatic rings. The number of hydrogen-bond acceptors (Lipinski definition) is 4. The molecule has 0 atom stereocenters. The van der Waals surface area contributed by atoms with Crippen molar-refractivity contribution in [3.63, 3.8) is 0 Å². The standard InChI is InChI=1S/C11H20N4O2/c1-4-9-13-10(15-14-9)11(16)12-6-5-7-17-8(2)3/h8H,4-7H2,1-3H3,(H,12,16)(H,13,14,15). The highest BCUT2D eigenvalue weighted by atomic mass is 16.5. The Morgan fingerprint density at radius 3 is 2.88 bits per heavy atom. The number of nitrogens with zero attached hydrogens (tertiary/aromatic N) is 2. The Morgan fingerprint density at radius 2 is 2.29 bits per heavy atom. The molecule has 0 aliphatic rings. The van der Waals surface area contributed by atoms with Crippen LogP contribution in [0.1, 0.15) is 43.6 Å². The van der Waals surface area contributed by atoms with Gasteiger partial charge in [0.25, 0.3) is 5.91 Å². The molecule has 0 aromatic carbocycles. The first-order chi connectivity index (χ1) is 8.13. The molecule has 17 heavy (non-hydrogen) atoms. The van der Waals surface area contributed by atoms with Crippen LogP contribution < -0.4 is 5.32 Å². The Hall–Kier alpha value is -1.43. The molecule has 1 rings (SSSR count). The highest BCUT2D eigenvalue weighted by Gasteiger charge is 2.10. The minimum Gasteiger partial charge on any atom is -0.379 e. The second kappa shape index (κ2) is 7.01. The SMILES string of the molecule is CCc1nc(C(=O)NCCCOC(C)C)n[nH]1. The number of ether oxygens (including phenoxy) is 1. The summed E-state index contributed by atoms with van der Waals surface area (Å²) >= 11 is 0. The maximum Gasteiger partial charge on any atom is 0.290 e. The zero-order valence-corrected chi connectivity index (χ0v) is 10.6. The molecule has 1 heterocycles. The minimum atomic E-state index is -0.245. The first-order valence-corrected chi connectivity index (χ1v) is 5.94. The molecule has 6 heteroatoms. The van der Waals surface area contributed by atoms with Crippen molar-refractivity contribution in [3.05, 3.63) is 11.6 Å². The summed E-state index contributed by atoms with van der Waals surface area (Å²) in [7, 11) is 0. The average Bonchev–Trinajstić information content (AvgIpc) is 2.76. The molecule has 96 valence electrons. The number of aryl methyl sites for hydroxylation is 1. The average molecular weight is 240 g/mol. The van der Waals surface area contributed by atoms with Crippen LogP contribution >= 0.6 is 0 Å². The minimum absolute atomic E-state index is 0.201. The van der Waals surface area contributed by atoms with Gasteiger partial charge < -0.3 is 10.1 Å². The van der Waals surface area contributed by atoms with Crippen molar-refractivity contribution in [3.8, 4) is 0 Å². The number of carbonyl (C=O) groups excluding carboxylic acids is 1. The predicted molar refractivity (Wildman–Crippen MR) is 63.8 cm³/mol. The van der Waals surface area contributed by atoms with Crippen LogP contribution in [0.5, 0.6) is 0 Å². The van der Waals surface area contributed by atoms with Crippen molar-refractivity contribution in [2.45, 2.75) is 39.7 Å². The molecular weight excluding hydrogens is 220 g/mol. The summed E-state index contributed by atoms with van der Waals surface area (Å²) in [5.74, 6) is 0.676. The highest BCUT2D eigenvalue weighted by molar-refractivity contribution is 5.90. The summed E-state index contributed by atoms with van der Waals surface area (Å²) in [6.45, 7) is 7.14. The van der Waals surface area contributed by atoms with Crippen LogP contribution in [-0.4, -0.2) is 40.3 Å². The number of rotatable bonds is 7. The Morgan fingerprint density at radius 1 is 1.53 bits per heavy atom. The Kier molecular flexibility index (Phi) is 5.62. The van der Waals surface area contributed by atoms with Crippen LogP contribution in [0.15, 0.2) is 0 Å². The Labute approximate surface area is 101 Å². The molecule has 0 saturated heterocycles. The van der Waals surface area contributed by atoms with E-state index in [2.05, 4.69) is 20.5 Å². The third kappa shape index (κ3) is 4.95. The molecule has 0 aliphatic carbocycles. The lowest BCUT2D eigenvalue weighted by atomic mass is 10.4. The molecule has 0 aliphatic heterocycles. The molecule has 1 amide bonds. The van der Waals surface area contributed by atoms with Crippen molar-refractivity contribution in [2.24, 2.45) is 0 Å². The van der Waals surface area contributed by atoms with Gasteiger partial charge in [-0.15, -0.1) is 5.10 Å². The molecule has 2 N–H and O–H groups in total. The van der Waals surface area contributed by atoms with E-state index in [1.165, 1.54) is 0 Å². The van der Waals surface area contributed by atoms with Gasteiger partial charge in [-0.3, -0.25) is 9.89 Å². The van der Waals surface area contributed by atoms with Crippen molar-refractivity contribution < 1.29 is 9.53 Å². The van der Waals surface area contributed by atoms with E-state index in [9.17, 15) is 4.79 Å². The molecule has 6 nitrogen and oxygen atoms in total. The van der Waals surface area contributed by atoms with Gasteiger partial charge in [-0.1, -0.05) is 6.92 Å². The second-order valence-corrected chi connectivity index (χ2v) is 3.99. The molecule has 0 spiro atoms. The molecular formula is C11H20N4O2. The van der Waals surface area contributed by atoms with Crippen molar-refractivity contribution >= 4 is 5.91 Å². The fourth-order valence-corrected chi connectivity index (χ4v) is 1.23. The molecule has 1 aromatic heterocycles. The quantitative estimate of drug-likeness (QED) is 0.694. The first-order valence-electron chi connectivity index (χ1n) is 5.94. The summed E-state index contributed by atoms with van der Waals surface area (Å²) in [6, 6.07) is 0. The lowest BCUT2D eigenvalue weighted by molar-refractivity contribution is 0.0756. The highest BCUT2D eigenvalue weighted by Crippen LogP contribution is 1.94. The molecule has 0 bridgehead atoms. The fourth-order valence-electron chi connectivity index (χ4n) is 1.23. The van der Waals surface area contributed by atoms with Gasteiger partial charge in [0.1, 0.15) is 5.82 Å². The van der Waals surface area contributed by atoms with E-state index in [0.717, 1.165) is 18.7 Å². The number of H-pyrrole nitrogens is 1. The number of aromatic amines is 1. The van der Waals surface area contributed by atoms with Crippen LogP contribution in [-0.2, 0) is 11.2 Å². The van der Waals surface area contributed by atoms with Crippen LogP contribution in [0.4, 0.5) is 0 Å². The third-order valence-electron chi connectivity index (χ3n) is 2.13. The number of nitrogens with one attached hydrogen (secondary N) is 2. The third-order valence-corrected chi connectivity index (χ3v) is 2.13. The van der Waals surface area contributed by atoms with E-state index >= 15 is 0 Å². The van der Waals surface area contributed by atoms with Gasteiger partial charge in [-0.05, 0) is 20.3 Å².